The van der Waals surface area contributed by atoms with E-state index in [1.165, 1.54) is 11.3 Å². The van der Waals surface area contributed by atoms with Gasteiger partial charge in [-0.1, -0.05) is 15.9 Å². The Labute approximate surface area is 99.3 Å². The molecule has 2 aromatic rings. The number of rotatable bonds is 2. The molecule has 0 spiro atoms. The lowest BCUT2D eigenvalue weighted by Crippen LogP contribution is -2.11. The van der Waals surface area contributed by atoms with Crippen molar-refractivity contribution in [2.24, 2.45) is 0 Å². The second-order valence-corrected chi connectivity index (χ2v) is 4.52. The third-order valence-corrected chi connectivity index (χ3v) is 2.88. The highest BCUT2D eigenvalue weighted by molar-refractivity contribution is 9.10. The lowest BCUT2D eigenvalue weighted by Gasteiger charge is -2.00. The van der Waals surface area contributed by atoms with Crippen molar-refractivity contribution in [1.29, 1.82) is 0 Å². The van der Waals surface area contributed by atoms with Gasteiger partial charge in [0.2, 0.25) is 0 Å². The van der Waals surface area contributed by atoms with Crippen LogP contribution in [0, 0.1) is 6.20 Å². The van der Waals surface area contributed by atoms with E-state index in [1.54, 1.807) is 17.5 Å². The predicted octanol–water partition coefficient (Wildman–Crippen LogP) is 2.96. The SMILES string of the molecule is O=C(Nc1n[c]cs1)c1ccc(Br)cc1. The number of halogens is 1. The molecule has 0 atom stereocenters. The van der Waals surface area contributed by atoms with Gasteiger partial charge in [0.1, 0.15) is 6.20 Å². The Morgan fingerprint density at radius 3 is 2.73 bits per heavy atom. The molecule has 15 heavy (non-hydrogen) atoms. The van der Waals surface area contributed by atoms with Crippen LogP contribution in [0.5, 0.6) is 0 Å². The van der Waals surface area contributed by atoms with Gasteiger partial charge in [0.25, 0.3) is 5.91 Å². The van der Waals surface area contributed by atoms with Crippen LogP contribution < -0.4 is 5.32 Å². The van der Waals surface area contributed by atoms with E-state index in [-0.39, 0.29) is 5.91 Å². The molecule has 0 bridgehead atoms. The van der Waals surface area contributed by atoms with Crippen LogP contribution >= 0.6 is 27.3 Å². The molecule has 1 radical (unpaired) electrons. The molecule has 1 aromatic heterocycles. The number of carbonyl (C=O) groups is 1. The molecule has 1 aromatic carbocycles. The molecule has 1 amide bonds. The number of anilines is 1. The summed E-state index contributed by atoms with van der Waals surface area (Å²) in [5.41, 5.74) is 0.605. The molecule has 2 rings (SSSR count). The van der Waals surface area contributed by atoms with Crippen molar-refractivity contribution in [3.8, 4) is 0 Å². The highest BCUT2D eigenvalue weighted by Gasteiger charge is 2.06. The first-order valence-electron chi connectivity index (χ1n) is 4.14. The highest BCUT2D eigenvalue weighted by atomic mass is 79.9. The van der Waals surface area contributed by atoms with Gasteiger partial charge >= 0.3 is 0 Å². The minimum absolute atomic E-state index is 0.161. The molecule has 0 saturated carbocycles. The zero-order chi connectivity index (χ0) is 10.7. The Kier molecular flexibility index (Phi) is 3.13. The molecular formula is C10H6BrN2OS. The van der Waals surface area contributed by atoms with E-state index in [0.717, 1.165) is 4.47 Å². The standard InChI is InChI=1S/C10H6BrN2OS/c11-8-3-1-7(2-4-8)9(14)13-10-12-5-6-15-10/h1-4,6H,(H,12,13,14). The van der Waals surface area contributed by atoms with Gasteiger partial charge in [-0.3, -0.25) is 10.1 Å². The molecule has 1 heterocycles. The summed E-state index contributed by atoms with van der Waals surface area (Å²) in [6.07, 6.45) is 2.64. The maximum absolute atomic E-state index is 11.6. The molecule has 0 fully saturated rings. The Morgan fingerprint density at radius 1 is 1.40 bits per heavy atom. The molecule has 0 aliphatic heterocycles. The average Bonchev–Trinajstić information content (AvgIpc) is 2.71. The molecule has 3 nitrogen and oxygen atoms in total. The molecule has 75 valence electrons. The van der Waals surface area contributed by atoms with Crippen molar-refractivity contribution >= 4 is 38.3 Å². The lowest BCUT2D eigenvalue weighted by atomic mass is 10.2. The topological polar surface area (TPSA) is 42.0 Å². The van der Waals surface area contributed by atoms with E-state index in [4.69, 9.17) is 0 Å². The Bertz CT molecular complexity index is 453. The molecule has 0 aliphatic rings. The summed E-state index contributed by atoms with van der Waals surface area (Å²) in [4.78, 5) is 15.5. The largest absolute Gasteiger partial charge is 0.298 e. The van der Waals surface area contributed by atoms with Crippen LogP contribution in [0.3, 0.4) is 0 Å². The molecule has 1 N–H and O–H groups in total. The summed E-state index contributed by atoms with van der Waals surface area (Å²) >= 11 is 4.65. The van der Waals surface area contributed by atoms with Gasteiger partial charge < -0.3 is 0 Å². The zero-order valence-corrected chi connectivity index (χ0v) is 9.93. The normalized spacial score (nSPS) is 9.93. The zero-order valence-electron chi connectivity index (χ0n) is 7.53. The van der Waals surface area contributed by atoms with Crippen molar-refractivity contribution in [2.75, 3.05) is 5.32 Å². The quantitative estimate of drug-likeness (QED) is 0.920. The van der Waals surface area contributed by atoms with E-state index in [1.807, 2.05) is 12.1 Å². The molecule has 0 saturated heterocycles. The number of benzene rings is 1. The fourth-order valence-corrected chi connectivity index (χ4v) is 1.76. The molecule has 0 unspecified atom stereocenters. The van der Waals surface area contributed by atoms with Gasteiger partial charge in [-0.25, -0.2) is 4.98 Å². The van der Waals surface area contributed by atoms with E-state index < -0.39 is 0 Å². The fourth-order valence-electron chi connectivity index (χ4n) is 1.02. The molecule has 5 heteroatoms. The number of hydrogen-bond acceptors (Lipinski definition) is 3. The van der Waals surface area contributed by atoms with Crippen LogP contribution in [0.2, 0.25) is 0 Å². The molecule has 0 aliphatic carbocycles. The van der Waals surface area contributed by atoms with Crippen LogP contribution in [0.25, 0.3) is 0 Å². The van der Waals surface area contributed by atoms with Crippen LogP contribution in [-0.2, 0) is 0 Å². The average molecular weight is 282 g/mol. The van der Waals surface area contributed by atoms with Crippen molar-refractivity contribution in [3.63, 3.8) is 0 Å². The number of nitrogens with zero attached hydrogens (tertiary/aromatic N) is 1. The maximum Gasteiger partial charge on any atom is 0.257 e. The van der Waals surface area contributed by atoms with E-state index in [2.05, 4.69) is 32.4 Å². The van der Waals surface area contributed by atoms with Crippen molar-refractivity contribution in [1.82, 2.24) is 4.98 Å². The van der Waals surface area contributed by atoms with Gasteiger partial charge in [-0.15, -0.1) is 11.3 Å². The minimum atomic E-state index is -0.161. The van der Waals surface area contributed by atoms with Crippen molar-refractivity contribution in [3.05, 3.63) is 45.9 Å². The third kappa shape index (κ3) is 2.64. The van der Waals surface area contributed by atoms with E-state index in [9.17, 15) is 4.79 Å². The first-order chi connectivity index (χ1) is 7.25. The Balaban J connectivity index is 2.11. The summed E-state index contributed by atoms with van der Waals surface area (Å²) in [7, 11) is 0. The lowest BCUT2D eigenvalue weighted by molar-refractivity contribution is 0.102. The van der Waals surface area contributed by atoms with Crippen LogP contribution in [0.4, 0.5) is 5.13 Å². The summed E-state index contributed by atoms with van der Waals surface area (Å²) in [5.74, 6) is -0.161. The van der Waals surface area contributed by atoms with Crippen LogP contribution in [-0.4, -0.2) is 10.9 Å². The van der Waals surface area contributed by atoms with Gasteiger partial charge in [0, 0.05) is 15.4 Å². The number of carbonyl (C=O) groups excluding carboxylic acids is 1. The van der Waals surface area contributed by atoms with E-state index >= 15 is 0 Å². The van der Waals surface area contributed by atoms with Gasteiger partial charge in [-0.05, 0) is 24.3 Å². The Hall–Kier alpha value is -1.20. The van der Waals surface area contributed by atoms with Crippen LogP contribution in [0.1, 0.15) is 10.4 Å². The number of thiazole rings is 1. The second kappa shape index (κ2) is 4.55. The molecular weight excluding hydrogens is 276 g/mol. The third-order valence-electron chi connectivity index (χ3n) is 1.72. The summed E-state index contributed by atoms with van der Waals surface area (Å²) < 4.78 is 0.946. The maximum atomic E-state index is 11.6. The van der Waals surface area contributed by atoms with Crippen molar-refractivity contribution in [2.45, 2.75) is 0 Å². The second-order valence-electron chi connectivity index (χ2n) is 2.74. The number of amides is 1. The first-order valence-corrected chi connectivity index (χ1v) is 5.81. The number of nitrogens with one attached hydrogen (secondary N) is 1. The minimum Gasteiger partial charge on any atom is -0.298 e. The number of hydrogen-bond donors (Lipinski definition) is 1. The van der Waals surface area contributed by atoms with Crippen LogP contribution in [0.15, 0.2) is 34.1 Å². The smallest absolute Gasteiger partial charge is 0.257 e. The van der Waals surface area contributed by atoms with Gasteiger partial charge in [0.05, 0.1) is 0 Å². The Morgan fingerprint density at radius 2 is 2.13 bits per heavy atom. The van der Waals surface area contributed by atoms with Gasteiger partial charge in [0.15, 0.2) is 5.13 Å². The van der Waals surface area contributed by atoms with Gasteiger partial charge in [-0.2, -0.15) is 0 Å². The summed E-state index contributed by atoms with van der Waals surface area (Å²) in [6.45, 7) is 0. The number of aromatic nitrogens is 1. The monoisotopic (exact) mass is 281 g/mol. The predicted molar refractivity (Wildman–Crippen MR) is 63.0 cm³/mol. The highest BCUT2D eigenvalue weighted by Crippen LogP contribution is 2.14. The fraction of sp³-hybridized carbons (Fsp3) is 0. The first kappa shape index (κ1) is 10.3. The van der Waals surface area contributed by atoms with Crippen molar-refractivity contribution < 1.29 is 4.79 Å². The summed E-state index contributed by atoms with van der Waals surface area (Å²) in [5, 5.41) is 4.93. The summed E-state index contributed by atoms with van der Waals surface area (Å²) in [6, 6.07) is 7.14. The van der Waals surface area contributed by atoms with E-state index in [0.29, 0.717) is 10.7 Å².